The number of hydrogen-bond donors (Lipinski definition) is 1. The highest BCUT2D eigenvalue weighted by Crippen LogP contribution is 2.22. The van der Waals surface area contributed by atoms with Crippen LogP contribution in [0.4, 0.5) is 0 Å². The Labute approximate surface area is 137 Å². The van der Waals surface area contributed by atoms with Crippen molar-refractivity contribution in [1.29, 1.82) is 0 Å². The van der Waals surface area contributed by atoms with Gasteiger partial charge in [-0.2, -0.15) is 0 Å². The van der Waals surface area contributed by atoms with Crippen LogP contribution in [0, 0.1) is 0 Å². The number of benzene rings is 2. The zero-order chi connectivity index (χ0) is 15.6. The molecule has 116 valence electrons. The molecule has 2 rings (SSSR count). The van der Waals surface area contributed by atoms with Gasteiger partial charge in [-0.05, 0) is 36.2 Å². The maximum Gasteiger partial charge on any atom is 0.251 e. The molecule has 2 nitrogen and oxygen atoms in total. The third-order valence-corrected chi connectivity index (χ3v) is 4.51. The van der Waals surface area contributed by atoms with Gasteiger partial charge < -0.3 is 5.32 Å². The number of carbonyl (C=O) groups is 1. The van der Waals surface area contributed by atoms with Gasteiger partial charge in [0, 0.05) is 22.8 Å². The van der Waals surface area contributed by atoms with Crippen molar-refractivity contribution in [2.24, 2.45) is 0 Å². The zero-order valence-electron chi connectivity index (χ0n) is 13.0. The summed E-state index contributed by atoms with van der Waals surface area (Å²) in [6.07, 6.45) is 3.38. The molecule has 0 saturated heterocycles. The molecule has 0 heterocycles. The van der Waals surface area contributed by atoms with Crippen LogP contribution < -0.4 is 5.32 Å². The lowest BCUT2D eigenvalue weighted by Gasteiger charge is -2.06. The van der Waals surface area contributed by atoms with E-state index >= 15 is 0 Å². The average Bonchev–Trinajstić information content (AvgIpc) is 2.58. The molecule has 0 aromatic heterocycles. The number of rotatable bonds is 8. The molecule has 2 aromatic carbocycles. The molecule has 0 unspecified atom stereocenters. The Hall–Kier alpha value is -1.74. The average molecular weight is 313 g/mol. The molecule has 1 amide bonds. The van der Waals surface area contributed by atoms with Gasteiger partial charge in [-0.1, -0.05) is 50.1 Å². The van der Waals surface area contributed by atoms with Crippen molar-refractivity contribution in [3.8, 4) is 0 Å². The molecule has 0 atom stereocenters. The smallest absolute Gasteiger partial charge is 0.251 e. The SMILES string of the molecule is CCCCCNC(=O)c1ccc(CSc2ccccc2)cc1. The fourth-order valence-corrected chi connectivity index (χ4v) is 2.99. The summed E-state index contributed by atoms with van der Waals surface area (Å²) in [5, 5.41) is 2.97. The standard InChI is InChI=1S/C19H23NOS/c1-2-3-7-14-20-19(21)17-12-10-16(11-13-17)15-22-18-8-5-4-6-9-18/h4-6,8-13H,2-3,7,14-15H2,1H3,(H,20,21). The van der Waals surface area contributed by atoms with E-state index in [0.29, 0.717) is 0 Å². The molecule has 0 aliphatic heterocycles. The van der Waals surface area contributed by atoms with Crippen molar-refractivity contribution in [2.45, 2.75) is 36.8 Å². The number of unbranched alkanes of at least 4 members (excludes halogenated alkanes) is 2. The minimum atomic E-state index is 0.0263. The molecular weight excluding hydrogens is 290 g/mol. The molecule has 0 radical (unpaired) electrons. The quantitative estimate of drug-likeness (QED) is 0.555. The molecule has 0 saturated carbocycles. The monoisotopic (exact) mass is 313 g/mol. The first-order chi connectivity index (χ1) is 10.8. The first-order valence-electron chi connectivity index (χ1n) is 7.84. The van der Waals surface area contributed by atoms with Crippen molar-refractivity contribution >= 4 is 17.7 Å². The van der Waals surface area contributed by atoms with E-state index in [0.717, 1.165) is 30.7 Å². The Balaban J connectivity index is 1.81. The van der Waals surface area contributed by atoms with Crippen LogP contribution in [0.5, 0.6) is 0 Å². The van der Waals surface area contributed by atoms with Gasteiger partial charge in [-0.15, -0.1) is 11.8 Å². The van der Waals surface area contributed by atoms with Crippen LogP contribution in [-0.4, -0.2) is 12.5 Å². The van der Waals surface area contributed by atoms with E-state index in [9.17, 15) is 4.79 Å². The number of carbonyl (C=O) groups excluding carboxylic acids is 1. The van der Waals surface area contributed by atoms with Crippen LogP contribution in [0.25, 0.3) is 0 Å². The summed E-state index contributed by atoms with van der Waals surface area (Å²) in [5.74, 6) is 0.945. The Bertz CT molecular complexity index is 566. The highest BCUT2D eigenvalue weighted by molar-refractivity contribution is 7.98. The first-order valence-corrected chi connectivity index (χ1v) is 8.83. The van der Waals surface area contributed by atoms with Crippen LogP contribution in [0.3, 0.4) is 0 Å². The minimum Gasteiger partial charge on any atom is -0.352 e. The van der Waals surface area contributed by atoms with Gasteiger partial charge in [0.15, 0.2) is 0 Å². The largest absolute Gasteiger partial charge is 0.352 e. The van der Waals surface area contributed by atoms with E-state index in [1.54, 1.807) is 11.8 Å². The molecule has 22 heavy (non-hydrogen) atoms. The topological polar surface area (TPSA) is 29.1 Å². The predicted octanol–water partition coefficient (Wildman–Crippen LogP) is 4.90. The van der Waals surface area contributed by atoms with Crippen LogP contribution in [0.1, 0.15) is 42.1 Å². The van der Waals surface area contributed by atoms with Gasteiger partial charge in [0.1, 0.15) is 0 Å². The van der Waals surface area contributed by atoms with Crippen LogP contribution in [0.15, 0.2) is 59.5 Å². The fourth-order valence-electron chi connectivity index (χ4n) is 2.11. The van der Waals surface area contributed by atoms with Gasteiger partial charge in [0.05, 0.1) is 0 Å². The lowest BCUT2D eigenvalue weighted by molar-refractivity contribution is 0.0953. The van der Waals surface area contributed by atoms with E-state index < -0.39 is 0 Å². The summed E-state index contributed by atoms with van der Waals surface area (Å²) in [6.45, 7) is 2.92. The maximum absolute atomic E-state index is 12.0. The summed E-state index contributed by atoms with van der Waals surface area (Å²) >= 11 is 1.81. The minimum absolute atomic E-state index is 0.0263. The Morgan fingerprint density at radius 1 is 1.00 bits per heavy atom. The number of amides is 1. The van der Waals surface area contributed by atoms with Crippen LogP contribution >= 0.6 is 11.8 Å². The third-order valence-electron chi connectivity index (χ3n) is 3.43. The predicted molar refractivity (Wildman–Crippen MR) is 94.3 cm³/mol. The van der Waals surface area contributed by atoms with Crippen molar-refractivity contribution in [2.75, 3.05) is 6.54 Å². The third kappa shape index (κ3) is 5.57. The Morgan fingerprint density at radius 3 is 2.41 bits per heavy atom. The lowest BCUT2D eigenvalue weighted by atomic mass is 10.1. The normalized spacial score (nSPS) is 10.4. The molecule has 3 heteroatoms. The summed E-state index contributed by atoms with van der Waals surface area (Å²) in [6, 6.07) is 18.3. The summed E-state index contributed by atoms with van der Waals surface area (Å²) in [7, 11) is 0. The molecular formula is C19H23NOS. The zero-order valence-corrected chi connectivity index (χ0v) is 13.9. The first kappa shape index (κ1) is 16.6. The fraction of sp³-hybridized carbons (Fsp3) is 0.316. The summed E-state index contributed by atoms with van der Waals surface area (Å²) in [5.41, 5.74) is 1.97. The number of hydrogen-bond acceptors (Lipinski definition) is 2. The molecule has 2 aromatic rings. The van der Waals surface area contributed by atoms with E-state index in [-0.39, 0.29) is 5.91 Å². The van der Waals surface area contributed by atoms with Crippen molar-refractivity contribution in [3.05, 3.63) is 65.7 Å². The second-order valence-corrected chi connectivity index (χ2v) is 6.31. The number of thioether (sulfide) groups is 1. The number of nitrogens with one attached hydrogen (secondary N) is 1. The van der Waals surface area contributed by atoms with E-state index in [2.05, 4.69) is 24.4 Å². The van der Waals surface area contributed by atoms with Crippen molar-refractivity contribution in [3.63, 3.8) is 0 Å². The molecule has 0 aliphatic rings. The van der Waals surface area contributed by atoms with Crippen molar-refractivity contribution < 1.29 is 4.79 Å². The van der Waals surface area contributed by atoms with Crippen molar-refractivity contribution in [1.82, 2.24) is 5.32 Å². The van der Waals surface area contributed by atoms with Gasteiger partial charge >= 0.3 is 0 Å². The summed E-state index contributed by atoms with van der Waals surface area (Å²) < 4.78 is 0. The van der Waals surface area contributed by atoms with E-state index in [4.69, 9.17) is 0 Å². The van der Waals surface area contributed by atoms with Gasteiger partial charge in [0.25, 0.3) is 5.91 Å². The maximum atomic E-state index is 12.0. The molecule has 0 bridgehead atoms. The molecule has 0 fully saturated rings. The van der Waals surface area contributed by atoms with Gasteiger partial charge in [-0.3, -0.25) is 4.79 Å². The Morgan fingerprint density at radius 2 is 1.73 bits per heavy atom. The Kier molecular flexibility index (Phi) is 7.04. The molecule has 1 N–H and O–H groups in total. The summed E-state index contributed by atoms with van der Waals surface area (Å²) in [4.78, 5) is 13.2. The molecule has 0 aliphatic carbocycles. The van der Waals surface area contributed by atoms with Gasteiger partial charge in [-0.25, -0.2) is 0 Å². The second kappa shape index (κ2) is 9.31. The van der Waals surface area contributed by atoms with E-state index in [1.807, 2.05) is 42.5 Å². The highest BCUT2D eigenvalue weighted by atomic mass is 32.2. The van der Waals surface area contributed by atoms with E-state index in [1.165, 1.54) is 16.9 Å². The second-order valence-electron chi connectivity index (χ2n) is 5.26. The van der Waals surface area contributed by atoms with Gasteiger partial charge in [0.2, 0.25) is 0 Å². The lowest BCUT2D eigenvalue weighted by Crippen LogP contribution is -2.24. The highest BCUT2D eigenvalue weighted by Gasteiger charge is 2.04. The van der Waals surface area contributed by atoms with Crippen LogP contribution in [0.2, 0.25) is 0 Å². The van der Waals surface area contributed by atoms with Crippen LogP contribution in [-0.2, 0) is 5.75 Å². The molecule has 0 spiro atoms.